The number of para-hydroxylation sites is 1. The van der Waals surface area contributed by atoms with E-state index in [9.17, 15) is 0 Å². The van der Waals surface area contributed by atoms with Gasteiger partial charge in [0.15, 0.2) is 5.82 Å². The maximum absolute atomic E-state index is 6.12. The minimum absolute atomic E-state index is 0.428. The molecule has 0 aliphatic heterocycles. The molecule has 0 aliphatic carbocycles. The molecule has 0 spiro atoms. The average molecular weight is 446 g/mol. The molecule has 3 aromatic carbocycles. The van der Waals surface area contributed by atoms with Gasteiger partial charge < -0.3 is 4.74 Å². The van der Waals surface area contributed by atoms with E-state index >= 15 is 0 Å². The number of aromatic nitrogens is 5. The van der Waals surface area contributed by atoms with Gasteiger partial charge in [-0.2, -0.15) is 5.21 Å². The molecule has 0 saturated heterocycles. The lowest BCUT2D eigenvalue weighted by Gasteiger charge is -2.10. The van der Waals surface area contributed by atoms with E-state index in [1.807, 2.05) is 36.4 Å². The number of tetrazole rings is 1. The van der Waals surface area contributed by atoms with Crippen LogP contribution in [0.1, 0.15) is 33.8 Å². The maximum Gasteiger partial charge on any atom is 0.197 e. The zero-order chi connectivity index (χ0) is 23.2. The van der Waals surface area contributed by atoms with Crippen molar-refractivity contribution in [2.75, 3.05) is 0 Å². The standard InChI is InChI=1S/C28H23N5O/c1-20-6-7-23(13-12-21-8-10-22(11-9-21)14-17-28-30-32-33-31-28)18-27(20)34-19-25-16-15-24-4-2-3-5-26(24)29-25/h2-18H,19H2,1H3,(H,30,31,32,33)/b13-12+,17-14+. The highest BCUT2D eigenvalue weighted by Gasteiger charge is 2.04. The number of rotatable bonds is 7. The Bertz CT molecular complexity index is 1450. The molecule has 5 aromatic rings. The van der Waals surface area contributed by atoms with Gasteiger partial charge in [-0.05, 0) is 58.7 Å². The van der Waals surface area contributed by atoms with E-state index in [4.69, 9.17) is 9.72 Å². The molecule has 0 aliphatic rings. The molecule has 0 atom stereocenters. The normalized spacial score (nSPS) is 11.6. The molecule has 166 valence electrons. The molecule has 5 rings (SSSR count). The summed E-state index contributed by atoms with van der Waals surface area (Å²) in [4.78, 5) is 4.70. The first-order chi connectivity index (χ1) is 16.7. The molecule has 2 heterocycles. The SMILES string of the molecule is Cc1ccc(/C=C/c2ccc(/C=C/c3nn[nH]n3)cc2)cc1OCc1ccc2ccccc2n1. The van der Waals surface area contributed by atoms with E-state index < -0.39 is 0 Å². The summed E-state index contributed by atoms with van der Waals surface area (Å²) in [6, 6.07) is 26.7. The van der Waals surface area contributed by atoms with Crippen LogP contribution < -0.4 is 4.74 Å². The van der Waals surface area contributed by atoms with Crippen LogP contribution in [0.25, 0.3) is 35.2 Å². The number of ether oxygens (including phenoxy) is 1. The molecular weight excluding hydrogens is 422 g/mol. The second-order valence-electron chi connectivity index (χ2n) is 7.91. The fourth-order valence-corrected chi connectivity index (χ4v) is 3.54. The molecule has 0 saturated carbocycles. The molecule has 6 nitrogen and oxygen atoms in total. The molecule has 0 radical (unpaired) electrons. The van der Waals surface area contributed by atoms with Crippen LogP contribution in [0.4, 0.5) is 0 Å². The first kappa shape index (κ1) is 21.3. The highest BCUT2D eigenvalue weighted by molar-refractivity contribution is 5.78. The summed E-state index contributed by atoms with van der Waals surface area (Å²) in [5, 5.41) is 14.9. The summed E-state index contributed by atoms with van der Waals surface area (Å²) in [7, 11) is 0. The van der Waals surface area contributed by atoms with Gasteiger partial charge in [0.25, 0.3) is 0 Å². The molecule has 6 heteroatoms. The van der Waals surface area contributed by atoms with E-state index in [1.54, 1.807) is 0 Å². The van der Waals surface area contributed by atoms with Crippen molar-refractivity contribution in [2.24, 2.45) is 0 Å². The first-order valence-electron chi connectivity index (χ1n) is 11.0. The van der Waals surface area contributed by atoms with E-state index in [2.05, 4.69) is 94.3 Å². The summed E-state index contributed by atoms with van der Waals surface area (Å²) < 4.78 is 6.12. The van der Waals surface area contributed by atoms with E-state index in [-0.39, 0.29) is 0 Å². The zero-order valence-electron chi connectivity index (χ0n) is 18.7. The molecule has 0 fully saturated rings. The number of nitrogens with one attached hydrogen (secondary N) is 1. The van der Waals surface area contributed by atoms with Crippen LogP contribution >= 0.6 is 0 Å². The lowest BCUT2D eigenvalue weighted by atomic mass is 10.1. The number of aromatic amines is 1. The summed E-state index contributed by atoms with van der Waals surface area (Å²) in [5.74, 6) is 1.41. The third-order valence-electron chi connectivity index (χ3n) is 5.44. The Morgan fingerprint density at radius 3 is 2.32 bits per heavy atom. The number of hydrogen-bond acceptors (Lipinski definition) is 5. The number of fused-ring (bicyclic) bond motifs is 1. The van der Waals surface area contributed by atoms with Crippen LogP contribution in [0.15, 0.2) is 78.9 Å². The summed E-state index contributed by atoms with van der Waals surface area (Å²) in [5.41, 5.74) is 6.24. The molecule has 1 N–H and O–H groups in total. The Morgan fingerprint density at radius 1 is 0.794 bits per heavy atom. The first-order valence-corrected chi connectivity index (χ1v) is 11.0. The number of benzene rings is 3. The lowest BCUT2D eigenvalue weighted by molar-refractivity contribution is 0.299. The highest BCUT2D eigenvalue weighted by Crippen LogP contribution is 2.23. The number of nitrogens with zero attached hydrogens (tertiary/aromatic N) is 4. The van der Waals surface area contributed by atoms with Gasteiger partial charge in [-0.15, -0.1) is 10.2 Å². The predicted molar refractivity (Wildman–Crippen MR) is 136 cm³/mol. The Morgan fingerprint density at radius 2 is 1.53 bits per heavy atom. The Kier molecular flexibility index (Phi) is 6.21. The fraction of sp³-hybridized carbons (Fsp3) is 0.0714. The van der Waals surface area contributed by atoms with Crippen molar-refractivity contribution in [3.8, 4) is 5.75 Å². The van der Waals surface area contributed by atoms with Crippen LogP contribution in [0.5, 0.6) is 5.75 Å². The fourth-order valence-electron chi connectivity index (χ4n) is 3.54. The second-order valence-corrected chi connectivity index (χ2v) is 7.91. The van der Waals surface area contributed by atoms with Crippen LogP contribution in [0, 0.1) is 6.92 Å². The van der Waals surface area contributed by atoms with Gasteiger partial charge in [-0.1, -0.05) is 78.9 Å². The maximum atomic E-state index is 6.12. The van der Waals surface area contributed by atoms with Gasteiger partial charge in [-0.25, -0.2) is 4.98 Å². The Labute approximate surface area is 197 Å². The van der Waals surface area contributed by atoms with Crippen molar-refractivity contribution in [1.29, 1.82) is 0 Å². The van der Waals surface area contributed by atoms with Gasteiger partial charge in [0, 0.05) is 5.39 Å². The van der Waals surface area contributed by atoms with Gasteiger partial charge in [0.1, 0.15) is 12.4 Å². The summed E-state index contributed by atoms with van der Waals surface area (Å²) in [6.45, 7) is 2.48. The highest BCUT2D eigenvalue weighted by atomic mass is 16.5. The largest absolute Gasteiger partial charge is 0.487 e. The Hall–Kier alpha value is -4.58. The van der Waals surface area contributed by atoms with Gasteiger partial charge in [0.2, 0.25) is 0 Å². The topological polar surface area (TPSA) is 76.6 Å². The van der Waals surface area contributed by atoms with E-state index in [1.165, 1.54) is 0 Å². The zero-order valence-corrected chi connectivity index (χ0v) is 18.7. The van der Waals surface area contributed by atoms with Crippen molar-refractivity contribution in [3.63, 3.8) is 0 Å². The van der Waals surface area contributed by atoms with E-state index in [0.717, 1.165) is 44.6 Å². The third kappa shape index (κ3) is 5.24. The molecule has 0 unspecified atom stereocenters. The van der Waals surface area contributed by atoms with Crippen LogP contribution in [0.3, 0.4) is 0 Å². The predicted octanol–water partition coefficient (Wildman–Crippen LogP) is 5.98. The van der Waals surface area contributed by atoms with Crippen molar-refractivity contribution in [3.05, 3.63) is 113 Å². The average Bonchev–Trinajstić information content (AvgIpc) is 3.40. The minimum atomic E-state index is 0.428. The second kappa shape index (κ2) is 9.92. The number of pyridine rings is 1. The van der Waals surface area contributed by atoms with Crippen molar-refractivity contribution in [1.82, 2.24) is 25.6 Å². The Balaban J connectivity index is 1.24. The van der Waals surface area contributed by atoms with Crippen molar-refractivity contribution < 1.29 is 4.74 Å². The van der Waals surface area contributed by atoms with Gasteiger partial charge in [0.05, 0.1) is 11.2 Å². The molecule has 34 heavy (non-hydrogen) atoms. The monoisotopic (exact) mass is 445 g/mol. The minimum Gasteiger partial charge on any atom is -0.487 e. The van der Waals surface area contributed by atoms with Gasteiger partial charge >= 0.3 is 0 Å². The van der Waals surface area contributed by atoms with Crippen LogP contribution in [0.2, 0.25) is 0 Å². The lowest BCUT2D eigenvalue weighted by Crippen LogP contribution is -2.00. The van der Waals surface area contributed by atoms with Crippen LogP contribution in [-0.2, 0) is 6.61 Å². The van der Waals surface area contributed by atoms with Crippen molar-refractivity contribution >= 4 is 35.2 Å². The smallest absolute Gasteiger partial charge is 0.197 e. The third-order valence-corrected chi connectivity index (χ3v) is 5.44. The molecular formula is C28H23N5O. The number of H-pyrrole nitrogens is 1. The van der Waals surface area contributed by atoms with Gasteiger partial charge in [-0.3, -0.25) is 0 Å². The number of hydrogen-bond donors (Lipinski definition) is 1. The number of aryl methyl sites for hydroxylation is 1. The molecule has 0 bridgehead atoms. The van der Waals surface area contributed by atoms with Crippen molar-refractivity contribution in [2.45, 2.75) is 13.5 Å². The quantitative estimate of drug-likeness (QED) is 0.312. The van der Waals surface area contributed by atoms with Crippen LogP contribution in [-0.4, -0.2) is 25.6 Å². The summed E-state index contributed by atoms with van der Waals surface area (Å²) in [6.07, 6.45) is 7.94. The molecule has 2 aromatic heterocycles. The summed E-state index contributed by atoms with van der Waals surface area (Å²) >= 11 is 0. The van der Waals surface area contributed by atoms with E-state index in [0.29, 0.717) is 12.4 Å². The molecule has 0 amide bonds.